The number of nitrogens with zero attached hydrogens (tertiary/aromatic N) is 1. The van der Waals surface area contributed by atoms with E-state index in [9.17, 15) is 9.59 Å². The zero-order chi connectivity index (χ0) is 16.7. The number of carbonyl (C=O) groups excluding carboxylic acids is 2. The summed E-state index contributed by atoms with van der Waals surface area (Å²) in [5.74, 6) is 0.198. The lowest BCUT2D eigenvalue weighted by Crippen LogP contribution is -2.39. The smallest absolute Gasteiger partial charge is 0.224 e. The van der Waals surface area contributed by atoms with E-state index in [0.29, 0.717) is 19.5 Å². The van der Waals surface area contributed by atoms with Crippen molar-refractivity contribution in [2.24, 2.45) is 5.92 Å². The molecule has 1 aromatic rings. The summed E-state index contributed by atoms with van der Waals surface area (Å²) < 4.78 is 0.999. The predicted molar refractivity (Wildman–Crippen MR) is 101 cm³/mol. The maximum atomic E-state index is 12.2. The van der Waals surface area contributed by atoms with Crippen molar-refractivity contribution in [2.75, 3.05) is 26.7 Å². The van der Waals surface area contributed by atoms with Gasteiger partial charge in [0.2, 0.25) is 11.8 Å². The first kappa shape index (κ1) is 20.9. The van der Waals surface area contributed by atoms with Crippen LogP contribution in [0.1, 0.15) is 24.8 Å². The highest BCUT2D eigenvalue weighted by Crippen LogP contribution is 2.17. The zero-order valence-electron chi connectivity index (χ0n) is 13.9. The van der Waals surface area contributed by atoms with Crippen molar-refractivity contribution in [1.82, 2.24) is 15.5 Å². The second kappa shape index (κ2) is 10.7. The number of hydrogen-bond acceptors (Lipinski definition) is 3. The zero-order valence-corrected chi connectivity index (χ0v) is 16.3. The van der Waals surface area contributed by atoms with E-state index in [1.165, 1.54) is 0 Å². The summed E-state index contributed by atoms with van der Waals surface area (Å²) in [7, 11) is 1.79. The Morgan fingerprint density at radius 3 is 2.62 bits per heavy atom. The Labute approximate surface area is 158 Å². The van der Waals surface area contributed by atoms with Gasteiger partial charge in [0.15, 0.2) is 0 Å². The van der Waals surface area contributed by atoms with Crippen LogP contribution in [0.15, 0.2) is 28.7 Å². The quantitative estimate of drug-likeness (QED) is 0.745. The van der Waals surface area contributed by atoms with Gasteiger partial charge in [-0.2, -0.15) is 0 Å². The van der Waals surface area contributed by atoms with Gasteiger partial charge in [0.25, 0.3) is 0 Å². The van der Waals surface area contributed by atoms with Crippen LogP contribution in [-0.4, -0.2) is 43.4 Å². The van der Waals surface area contributed by atoms with Crippen LogP contribution in [0.3, 0.4) is 0 Å². The number of carbonyl (C=O) groups is 2. The van der Waals surface area contributed by atoms with Crippen LogP contribution in [-0.2, 0) is 16.1 Å². The second-order valence-electron chi connectivity index (χ2n) is 5.91. The molecule has 0 spiro atoms. The Balaban J connectivity index is 0.00000288. The predicted octanol–water partition coefficient (Wildman–Crippen LogP) is 2.34. The van der Waals surface area contributed by atoms with Crippen molar-refractivity contribution in [3.05, 3.63) is 34.3 Å². The molecule has 2 amide bonds. The molecule has 1 heterocycles. The number of amides is 2. The fraction of sp³-hybridized carbons (Fsp3) is 0.529. The van der Waals surface area contributed by atoms with Crippen LogP contribution in [0.25, 0.3) is 0 Å². The molecular weight excluding hydrogens is 394 g/mol. The van der Waals surface area contributed by atoms with Crippen LogP contribution < -0.4 is 10.6 Å². The normalized spacial score (nSPS) is 14.6. The highest BCUT2D eigenvalue weighted by atomic mass is 79.9. The molecule has 24 heavy (non-hydrogen) atoms. The Morgan fingerprint density at radius 2 is 1.96 bits per heavy atom. The summed E-state index contributed by atoms with van der Waals surface area (Å²) in [6.07, 6.45) is 2.08. The van der Waals surface area contributed by atoms with Crippen molar-refractivity contribution in [1.29, 1.82) is 0 Å². The largest absolute Gasteiger partial charge is 0.355 e. The van der Waals surface area contributed by atoms with Crippen LogP contribution in [0.5, 0.6) is 0 Å². The van der Waals surface area contributed by atoms with E-state index < -0.39 is 0 Å². The molecule has 0 saturated carbocycles. The van der Waals surface area contributed by atoms with E-state index in [1.807, 2.05) is 24.3 Å². The van der Waals surface area contributed by atoms with Crippen LogP contribution in [0.4, 0.5) is 0 Å². The van der Waals surface area contributed by atoms with E-state index >= 15 is 0 Å². The van der Waals surface area contributed by atoms with Gasteiger partial charge in [-0.3, -0.25) is 9.59 Å². The van der Waals surface area contributed by atoms with Gasteiger partial charge in [0, 0.05) is 36.9 Å². The molecule has 2 N–H and O–H groups in total. The summed E-state index contributed by atoms with van der Waals surface area (Å²) in [5.41, 5.74) is 1.07. The van der Waals surface area contributed by atoms with E-state index in [-0.39, 0.29) is 30.1 Å². The summed E-state index contributed by atoms with van der Waals surface area (Å²) in [6.45, 7) is 2.75. The van der Waals surface area contributed by atoms with Crippen molar-refractivity contribution < 1.29 is 9.59 Å². The van der Waals surface area contributed by atoms with E-state index in [1.54, 1.807) is 11.9 Å². The minimum absolute atomic E-state index is 0. The first-order valence-corrected chi connectivity index (χ1v) is 8.83. The van der Waals surface area contributed by atoms with Crippen molar-refractivity contribution in [2.45, 2.75) is 25.8 Å². The highest BCUT2D eigenvalue weighted by molar-refractivity contribution is 9.10. The number of hydrogen-bond donors (Lipinski definition) is 2. The van der Waals surface area contributed by atoms with Gasteiger partial charge in [0.1, 0.15) is 0 Å². The Hall–Kier alpha value is -1.11. The van der Waals surface area contributed by atoms with Crippen molar-refractivity contribution in [3.63, 3.8) is 0 Å². The maximum Gasteiger partial charge on any atom is 0.224 e. The molecule has 2 rings (SSSR count). The van der Waals surface area contributed by atoms with Crippen molar-refractivity contribution in [3.8, 4) is 0 Å². The van der Waals surface area contributed by atoms with Crippen molar-refractivity contribution >= 4 is 40.2 Å². The van der Waals surface area contributed by atoms with E-state index in [2.05, 4.69) is 26.6 Å². The standard InChI is InChI=1S/C17H24BrN3O2.ClH/c1-21(12-14-4-2-3-5-15(14)18)16(22)8-11-20-17(23)13-6-9-19-10-7-13;/h2-5,13,19H,6-12H2,1H3,(H,20,23);1H. The third kappa shape index (κ3) is 6.42. The topological polar surface area (TPSA) is 61.4 Å². The second-order valence-corrected chi connectivity index (χ2v) is 6.76. The molecule has 0 atom stereocenters. The van der Waals surface area contributed by atoms with Gasteiger partial charge in [-0.15, -0.1) is 12.4 Å². The number of piperidine rings is 1. The molecular formula is C17H25BrClN3O2. The third-order valence-electron chi connectivity index (χ3n) is 4.14. The van der Waals surface area contributed by atoms with E-state index in [0.717, 1.165) is 36.0 Å². The molecule has 0 radical (unpaired) electrons. The van der Waals surface area contributed by atoms with Gasteiger partial charge >= 0.3 is 0 Å². The maximum absolute atomic E-state index is 12.2. The van der Waals surface area contributed by atoms with Crippen LogP contribution >= 0.6 is 28.3 Å². The van der Waals surface area contributed by atoms with Gasteiger partial charge in [-0.05, 0) is 37.6 Å². The lowest BCUT2D eigenvalue weighted by atomic mass is 9.97. The fourth-order valence-electron chi connectivity index (χ4n) is 2.68. The fourth-order valence-corrected chi connectivity index (χ4v) is 3.09. The molecule has 5 nitrogen and oxygen atoms in total. The Kier molecular flexibility index (Phi) is 9.33. The van der Waals surface area contributed by atoms with Gasteiger partial charge in [0.05, 0.1) is 0 Å². The Morgan fingerprint density at radius 1 is 1.29 bits per heavy atom. The van der Waals surface area contributed by atoms with Gasteiger partial charge < -0.3 is 15.5 Å². The number of benzene rings is 1. The average Bonchev–Trinajstić information content (AvgIpc) is 2.57. The summed E-state index contributed by atoms with van der Waals surface area (Å²) >= 11 is 3.49. The molecule has 1 fully saturated rings. The van der Waals surface area contributed by atoms with Gasteiger partial charge in [-0.25, -0.2) is 0 Å². The highest BCUT2D eigenvalue weighted by Gasteiger charge is 2.20. The molecule has 1 saturated heterocycles. The molecule has 0 bridgehead atoms. The third-order valence-corrected chi connectivity index (χ3v) is 4.91. The summed E-state index contributed by atoms with van der Waals surface area (Å²) in [5, 5.41) is 6.13. The van der Waals surface area contributed by atoms with Gasteiger partial charge in [-0.1, -0.05) is 34.1 Å². The van der Waals surface area contributed by atoms with Crippen LogP contribution in [0.2, 0.25) is 0 Å². The molecule has 134 valence electrons. The summed E-state index contributed by atoms with van der Waals surface area (Å²) in [4.78, 5) is 25.9. The molecule has 1 aromatic carbocycles. The molecule has 0 unspecified atom stereocenters. The monoisotopic (exact) mass is 417 g/mol. The minimum atomic E-state index is 0. The molecule has 7 heteroatoms. The first-order valence-electron chi connectivity index (χ1n) is 8.03. The van der Waals surface area contributed by atoms with E-state index in [4.69, 9.17) is 0 Å². The average molecular weight is 419 g/mol. The molecule has 1 aliphatic heterocycles. The summed E-state index contributed by atoms with van der Waals surface area (Å²) in [6, 6.07) is 7.86. The minimum Gasteiger partial charge on any atom is -0.355 e. The Bertz CT molecular complexity index is 550. The number of rotatable bonds is 6. The van der Waals surface area contributed by atoms with Crippen LogP contribution in [0, 0.1) is 5.92 Å². The lowest BCUT2D eigenvalue weighted by Gasteiger charge is -2.22. The number of nitrogens with one attached hydrogen (secondary N) is 2. The molecule has 0 aromatic heterocycles. The SMILES string of the molecule is CN(Cc1ccccc1Br)C(=O)CCNC(=O)C1CCNCC1.Cl. The lowest BCUT2D eigenvalue weighted by molar-refractivity contribution is -0.130. The molecule has 0 aliphatic carbocycles. The first-order chi connectivity index (χ1) is 11.1. The number of halogens is 2. The molecule has 1 aliphatic rings.